The molecule has 2 aromatic heterocycles. The second kappa shape index (κ2) is 7.80. The molecule has 0 radical (unpaired) electrons. The minimum absolute atomic E-state index is 0.0924. The third-order valence-corrected chi connectivity index (χ3v) is 5.94. The number of sulfonamides is 1. The first-order valence-corrected chi connectivity index (χ1v) is 10.8. The zero-order valence-corrected chi connectivity index (χ0v) is 17.4. The van der Waals surface area contributed by atoms with Crippen molar-refractivity contribution in [2.45, 2.75) is 4.90 Å². The van der Waals surface area contributed by atoms with Gasteiger partial charge in [-0.3, -0.25) is 4.79 Å². The van der Waals surface area contributed by atoms with Crippen molar-refractivity contribution in [2.24, 2.45) is 5.14 Å². The molecule has 2 heterocycles. The number of carbonyl (C=O) groups is 1. The van der Waals surface area contributed by atoms with Gasteiger partial charge in [-0.05, 0) is 30.3 Å². The molecule has 0 fully saturated rings. The molecule has 0 aliphatic heterocycles. The van der Waals surface area contributed by atoms with Crippen LogP contribution in [0.2, 0.25) is 5.02 Å². The van der Waals surface area contributed by atoms with Crippen molar-refractivity contribution >= 4 is 38.4 Å². The molecular formula is C21H11ClF2N4O3S. The number of halogens is 3. The highest BCUT2D eigenvalue weighted by Crippen LogP contribution is 2.35. The third kappa shape index (κ3) is 3.52. The molecule has 0 aliphatic carbocycles. The molecular weight excluding hydrogens is 462 g/mol. The van der Waals surface area contributed by atoms with E-state index in [1.54, 1.807) is 6.07 Å². The lowest BCUT2D eigenvalue weighted by atomic mass is 9.94. The molecule has 160 valence electrons. The van der Waals surface area contributed by atoms with E-state index >= 15 is 4.39 Å². The average molecular weight is 473 g/mol. The maximum Gasteiger partial charge on any atom is 0.238 e. The molecule has 4 rings (SSSR count). The van der Waals surface area contributed by atoms with Gasteiger partial charge in [-0.25, -0.2) is 27.3 Å². The van der Waals surface area contributed by atoms with Gasteiger partial charge in [0.2, 0.25) is 15.8 Å². The number of nitrogens with zero attached hydrogens (tertiary/aromatic N) is 2. The van der Waals surface area contributed by atoms with Gasteiger partial charge in [0.05, 0.1) is 27.1 Å². The summed E-state index contributed by atoms with van der Waals surface area (Å²) in [5.74, 6) is -3.54. The Bertz CT molecular complexity index is 1580. The van der Waals surface area contributed by atoms with Crippen molar-refractivity contribution in [3.05, 3.63) is 82.1 Å². The number of aromatic nitrogens is 2. The number of carbonyl (C=O) groups excluding carboxylic acids is 1. The van der Waals surface area contributed by atoms with Crippen LogP contribution in [0, 0.1) is 23.0 Å². The highest BCUT2D eigenvalue weighted by atomic mass is 35.5. The predicted molar refractivity (Wildman–Crippen MR) is 112 cm³/mol. The van der Waals surface area contributed by atoms with Crippen molar-refractivity contribution in [1.82, 2.24) is 9.97 Å². The first-order valence-electron chi connectivity index (χ1n) is 8.85. The molecule has 11 heteroatoms. The molecule has 3 N–H and O–H groups in total. The standard InChI is InChI=1S/C21H11ClF2N4O3S/c22-11-6-13-14(9-28-21(13)27-8-11)20(29)18-15(23)5-4-12(19(18)24)17-10(7-25)2-1-3-16(17)32(26,30)31/h1-6,8-9H,(H,27,28)(H2,26,30,31). The highest BCUT2D eigenvalue weighted by Gasteiger charge is 2.28. The zero-order valence-electron chi connectivity index (χ0n) is 15.9. The molecule has 0 saturated carbocycles. The van der Waals surface area contributed by atoms with Crippen LogP contribution >= 0.6 is 11.6 Å². The lowest BCUT2D eigenvalue weighted by Crippen LogP contribution is -2.15. The average Bonchev–Trinajstić information content (AvgIpc) is 3.15. The molecule has 32 heavy (non-hydrogen) atoms. The number of pyridine rings is 1. The second-order valence-corrected chi connectivity index (χ2v) is 8.67. The van der Waals surface area contributed by atoms with Crippen molar-refractivity contribution in [3.8, 4) is 17.2 Å². The lowest BCUT2D eigenvalue weighted by Gasteiger charge is -2.13. The van der Waals surface area contributed by atoms with Crippen LogP contribution in [0.15, 0.2) is 53.7 Å². The fourth-order valence-corrected chi connectivity index (χ4v) is 4.32. The summed E-state index contributed by atoms with van der Waals surface area (Å²) in [5, 5.41) is 15.1. The van der Waals surface area contributed by atoms with Crippen LogP contribution in [0.1, 0.15) is 21.5 Å². The number of nitrogens with two attached hydrogens (primary N) is 1. The van der Waals surface area contributed by atoms with Crippen molar-refractivity contribution in [1.29, 1.82) is 5.26 Å². The van der Waals surface area contributed by atoms with E-state index in [9.17, 15) is 22.9 Å². The van der Waals surface area contributed by atoms with Gasteiger partial charge in [-0.15, -0.1) is 0 Å². The van der Waals surface area contributed by atoms with E-state index in [1.807, 2.05) is 0 Å². The molecule has 0 saturated heterocycles. The van der Waals surface area contributed by atoms with E-state index in [1.165, 1.54) is 30.6 Å². The number of rotatable bonds is 4. The van der Waals surface area contributed by atoms with Crippen LogP contribution < -0.4 is 5.14 Å². The molecule has 0 aliphatic rings. The summed E-state index contributed by atoms with van der Waals surface area (Å²) in [7, 11) is -4.38. The smallest absolute Gasteiger partial charge is 0.238 e. The van der Waals surface area contributed by atoms with Crippen LogP contribution in [-0.4, -0.2) is 24.2 Å². The number of ketones is 1. The van der Waals surface area contributed by atoms with Crippen LogP contribution in [-0.2, 0) is 10.0 Å². The Kier molecular flexibility index (Phi) is 5.26. The molecule has 0 spiro atoms. The first-order chi connectivity index (χ1) is 15.1. The summed E-state index contributed by atoms with van der Waals surface area (Å²) in [5.41, 5.74) is -1.80. The van der Waals surface area contributed by atoms with Gasteiger partial charge in [-0.2, -0.15) is 5.26 Å². The maximum absolute atomic E-state index is 15.6. The molecule has 0 unspecified atom stereocenters. The van der Waals surface area contributed by atoms with Crippen molar-refractivity contribution < 1.29 is 22.0 Å². The molecule has 0 amide bonds. The maximum atomic E-state index is 15.6. The van der Waals surface area contributed by atoms with Crippen LogP contribution in [0.3, 0.4) is 0 Å². The third-order valence-electron chi connectivity index (χ3n) is 4.78. The lowest BCUT2D eigenvalue weighted by molar-refractivity contribution is 0.103. The molecule has 7 nitrogen and oxygen atoms in total. The molecule has 2 aromatic carbocycles. The summed E-state index contributed by atoms with van der Waals surface area (Å²) in [6, 6.07) is 8.53. The van der Waals surface area contributed by atoms with Crippen molar-refractivity contribution in [3.63, 3.8) is 0 Å². The van der Waals surface area contributed by atoms with E-state index in [0.29, 0.717) is 0 Å². The Balaban J connectivity index is 1.99. The Morgan fingerprint density at radius 3 is 2.66 bits per heavy atom. The summed E-state index contributed by atoms with van der Waals surface area (Å²) >= 11 is 5.92. The summed E-state index contributed by atoms with van der Waals surface area (Å²) in [6.45, 7) is 0. The van der Waals surface area contributed by atoms with E-state index in [4.69, 9.17) is 16.7 Å². The number of hydrogen-bond acceptors (Lipinski definition) is 5. The first kappa shape index (κ1) is 21.6. The number of nitrogens with one attached hydrogen (secondary N) is 1. The largest absolute Gasteiger partial charge is 0.345 e. The van der Waals surface area contributed by atoms with Gasteiger partial charge >= 0.3 is 0 Å². The van der Waals surface area contributed by atoms with Gasteiger partial charge < -0.3 is 4.98 Å². The Hall–Kier alpha value is -3.65. The quantitative estimate of drug-likeness (QED) is 0.435. The van der Waals surface area contributed by atoms with Crippen LogP contribution in [0.5, 0.6) is 0 Å². The van der Waals surface area contributed by atoms with Gasteiger partial charge in [0.15, 0.2) is 0 Å². The summed E-state index contributed by atoms with van der Waals surface area (Å²) in [4.78, 5) is 19.3. The SMILES string of the molecule is N#Cc1cccc(S(N)(=O)=O)c1-c1ccc(F)c(C(=O)c2c[nH]c3ncc(Cl)cc23)c1F. The predicted octanol–water partition coefficient (Wildman–Crippen LogP) is 3.91. The number of fused-ring (bicyclic) bond motifs is 1. The van der Waals surface area contributed by atoms with E-state index < -0.39 is 43.5 Å². The molecule has 0 bridgehead atoms. The molecule has 0 atom stereocenters. The fraction of sp³-hybridized carbons (Fsp3) is 0. The minimum atomic E-state index is -4.38. The highest BCUT2D eigenvalue weighted by molar-refractivity contribution is 7.89. The Morgan fingerprint density at radius 1 is 1.22 bits per heavy atom. The summed E-state index contributed by atoms with van der Waals surface area (Å²) < 4.78 is 54.3. The van der Waals surface area contributed by atoms with E-state index in [-0.39, 0.29) is 32.7 Å². The van der Waals surface area contributed by atoms with Crippen LogP contribution in [0.4, 0.5) is 8.78 Å². The fourth-order valence-electron chi connectivity index (χ4n) is 3.39. The number of hydrogen-bond donors (Lipinski definition) is 2. The van der Waals surface area contributed by atoms with E-state index in [2.05, 4.69) is 9.97 Å². The number of nitriles is 1. The monoisotopic (exact) mass is 472 g/mol. The normalized spacial score (nSPS) is 11.5. The topological polar surface area (TPSA) is 130 Å². The number of primary sulfonamides is 1. The van der Waals surface area contributed by atoms with Gasteiger partial charge in [0, 0.05) is 34.5 Å². The van der Waals surface area contributed by atoms with Gasteiger partial charge in [0.25, 0.3) is 0 Å². The van der Waals surface area contributed by atoms with Crippen LogP contribution in [0.25, 0.3) is 22.2 Å². The Morgan fingerprint density at radius 2 is 1.97 bits per heavy atom. The minimum Gasteiger partial charge on any atom is -0.345 e. The summed E-state index contributed by atoms with van der Waals surface area (Å²) in [6.07, 6.45) is 2.57. The number of benzene rings is 2. The van der Waals surface area contributed by atoms with E-state index in [0.717, 1.165) is 18.2 Å². The van der Waals surface area contributed by atoms with Gasteiger partial charge in [-0.1, -0.05) is 17.7 Å². The van der Waals surface area contributed by atoms with Crippen molar-refractivity contribution in [2.75, 3.05) is 0 Å². The van der Waals surface area contributed by atoms with Gasteiger partial charge in [0.1, 0.15) is 17.3 Å². The Labute approximate surface area is 185 Å². The second-order valence-electron chi connectivity index (χ2n) is 6.70. The number of aromatic amines is 1. The molecule has 4 aromatic rings. The zero-order chi connectivity index (χ0) is 23.2. The number of H-pyrrole nitrogens is 1.